The Bertz CT molecular complexity index is 159. The molecular weight excluding hydrogens is 128 g/mol. The molecule has 4 nitrogen and oxygen atoms in total. The Kier molecular flexibility index (Phi) is 1.56. The fourth-order valence-electron chi connectivity index (χ4n) is 0.972. The summed E-state index contributed by atoms with van der Waals surface area (Å²) in [6.07, 6.45) is 5.05. The van der Waals surface area contributed by atoms with Gasteiger partial charge in [-0.2, -0.15) is 0 Å². The molecule has 0 atom stereocenters. The van der Waals surface area contributed by atoms with Gasteiger partial charge < -0.3 is 22.9 Å². The topological polar surface area (TPSA) is 104 Å². The third-order valence-electron chi connectivity index (χ3n) is 1.92. The largest absolute Gasteiger partial charge is 0.311 e. The lowest BCUT2D eigenvalue weighted by molar-refractivity contribution is 0.256. The van der Waals surface area contributed by atoms with Crippen LogP contribution in [0.5, 0.6) is 0 Å². The van der Waals surface area contributed by atoms with E-state index in [1.165, 1.54) is 0 Å². The SMILES string of the molecule is NC1(N)C=CCCC1(N)N. The zero-order valence-corrected chi connectivity index (χ0v) is 5.88. The van der Waals surface area contributed by atoms with Gasteiger partial charge in [-0.1, -0.05) is 12.2 Å². The van der Waals surface area contributed by atoms with Gasteiger partial charge in [-0.3, -0.25) is 0 Å². The predicted octanol–water partition coefficient (Wildman–Crippen LogP) is -1.44. The average molecular weight is 142 g/mol. The van der Waals surface area contributed by atoms with Crippen molar-refractivity contribution >= 4 is 0 Å². The van der Waals surface area contributed by atoms with E-state index < -0.39 is 11.3 Å². The summed E-state index contributed by atoms with van der Waals surface area (Å²) < 4.78 is 0. The number of hydrogen-bond donors (Lipinski definition) is 4. The molecule has 1 aliphatic carbocycles. The van der Waals surface area contributed by atoms with Crippen LogP contribution in [-0.4, -0.2) is 11.3 Å². The van der Waals surface area contributed by atoms with Gasteiger partial charge in [0.2, 0.25) is 0 Å². The highest BCUT2D eigenvalue weighted by atomic mass is 15.1. The summed E-state index contributed by atoms with van der Waals surface area (Å²) >= 11 is 0. The zero-order valence-electron chi connectivity index (χ0n) is 5.88. The molecule has 58 valence electrons. The molecule has 0 radical (unpaired) electrons. The quantitative estimate of drug-likeness (QED) is 0.246. The highest BCUT2D eigenvalue weighted by Gasteiger charge is 2.39. The molecule has 0 aliphatic heterocycles. The van der Waals surface area contributed by atoms with Crippen LogP contribution >= 0.6 is 0 Å². The smallest absolute Gasteiger partial charge is 0.115 e. The Morgan fingerprint density at radius 1 is 1.10 bits per heavy atom. The van der Waals surface area contributed by atoms with Crippen molar-refractivity contribution in [2.24, 2.45) is 22.9 Å². The van der Waals surface area contributed by atoms with Crippen molar-refractivity contribution in [3.63, 3.8) is 0 Å². The summed E-state index contributed by atoms with van der Waals surface area (Å²) in [5, 5.41) is 0. The minimum atomic E-state index is -1.05. The monoisotopic (exact) mass is 142 g/mol. The molecular formula is C6H14N4. The Hall–Kier alpha value is -0.420. The Balaban J connectivity index is 2.87. The third kappa shape index (κ3) is 1.06. The van der Waals surface area contributed by atoms with Crippen LogP contribution in [0.25, 0.3) is 0 Å². The summed E-state index contributed by atoms with van der Waals surface area (Å²) in [7, 11) is 0. The van der Waals surface area contributed by atoms with Gasteiger partial charge in [0.1, 0.15) is 5.66 Å². The molecule has 1 aliphatic rings. The molecule has 0 saturated heterocycles. The first kappa shape index (κ1) is 7.68. The first-order valence-corrected chi connectivity index (χ1v) is 3.29. The van der Waals surface area contributed by atoms with Crippen LogP contribution in [-0.2, 0) is 0 Å². The van der Waals surface area contributed by atoms with Crippen LogP contribution in [0.3, 0.4) is 0 Å². The van der Waals surface area contributed by atoms with Gasteiger partial charge >= 0.3 is 0 Å². The van der Waals surface area contributed by atoms with E-state index in [9.17, 15) is 0 Å². The lowest BCUT2D eigenvalue weighted by Gasteiger charge is -2.40. The molecule has 0 aromatic heterocycles. The fourth-order valence-corrected chi connectivity index (χ4v) is 0.972. The molecule has 0 spiro atoms. The summed E-state index contributed by atoms with van der Waals surface area (Å²) in [5.74, 6) is 0. The number of nitrogens with two attached hydrogens (primary N) is 4. The van der Waals surface area contributed by atoms with Gasteiger partial charge in [0.05, 0.1) is 5.66 Å². The first-order chi connectivity index (χ1) is 4.46. The van der Waals surface area contributed by atoms with Gasteiger partial charge in [0, 0.05) is 0 Å². The second-order valence-corrected chi connectivity index (χ2v) is 2.91. The molecule has 0 aromatic rings. The van der Waals surface area contributed by atoms with Gasteiger partial charge in [-0.15, -0.1) is 0 Å². The maximum Gasteiger partial charge on any atom is 0.115 e. The van der Waals surface area contributed by atoms with Crippen molar-refractivity contribution in [3.8, 4) is 0 Å². The minimum absolute atomic E-state index is 0.635. The van der Waals surface area contributed by atoms with Crippen LogP contribution in [0.4, 0.5) is 0 Å². The van der Waals surface area contributed by atoms with E-state index in [4.69, 9.17) is 22.9 Å². The van der Waals surface area contributed by atoms with Crippen LogP contribution in [0, 0.1) is 0 Å². The summed E-state index contributed by atoms with van der Waals surface area (Å²) in [6.45, 7) is 0. The zero-order chi connectivity index (χ0) is 7.83. The van der Waals surface area contributed by atoms with Crippen LogP contribution in [0.1, 0.15) is 12.8 Å². The van der Waals surface area contributed by atoms with E-state index in [1.807, 2.05) is 6.08 Å². The van der Waals surface area contributed by atoms with Crippen molar-refractivity contribution in [2.75, 3.05) is 0 Å². The average Bonchev–Trinajstić information content (AvgIpc) is 1.77. The highest BCUT2D eigenvalue weighted by Crippen LogP contribution is 2.19. The lowest BCUT2D eigenvalue weighted by Crippen LogP contribution is -2.75. The third-order valence-corrected chi connectivity index (χ3v) is 1.92. The summed E-state index contributed by atoms with van der Waals surface area (Å²) in [6, 6.07) is 0. The molecule has 0 heterocycles. The fraction of sp³-hybridized carbons (Fsp3) is 0.667. The molecule has 0 unspecified atom stereocenters. The van der Waals surface area contributed by atoms with E-state index in [-0.39, 0.29) is 0 Å². The van der Waals surface area contributed by atoms with Crippen molar-refractivity contribution in [1.29, 1.82) is 0 Å². The standard InChI is InChI=1S/C6H14N4/c7-5(8)3-1-2-4-6(5,9)10/h1,3H,2,4,7-10H2. The molecule has 10 heavy (non-hydrogen) atoms. The molecule has 1 rings (SSSR count). The minimum Gasteiger partial charge on any atom is -0.311 e. The van der Waals surface area contributed by atoms with E-state index in [0.717, 1.165) is 6.42 Å². The molecule has 0 amide bonds. The van der Waals surface area contributed by atoms with Gasteiger partial charge in [0.25, 0.3) is 0 Å². The first-order valence-electron chi connectivity index (χ1n) is 3.29. The highest BCUT2D eigenvalue weighted by molar-refractivity contribution is 5.16. The Morgan fingerprint density at radius 3 is 2.00 bits per heavy atom. The summed E-state index contributed by atoms with van der Waals surface area (Å²) in [5.41, 5.74) is 20.5. The van der Waals surface area contributed by atoms with Gasteiger partial charge in [-0.05, 0) is 12.8 Å². The van der Waals surface area contributed by atoms with Gasteiger partial charge in [0.15, 0.2) is 0 Å². The van der Waals surface area contributed by atoms with Crippen molar-refractivity contribution in [1.82, 2.24) is 0 Å². The van der Waals surface area contributed by atoms with Gasteiger partial charge in [-0.25, -0.2) is 0 Å². The van der Waals surface area contributed by atoms with E-state index in [0.29, 0.717) is 6.42 Å². The molecule has 0 aromatic carbocycles. The van der Waals surface area contributed by atoms with Crippen LogP contribution in [0.2, 0.25) is 0 Å². The predicted molar refractivity (Wildman–Crippen MR) is 40.6 cm³/mol. The summed E-state index contributed by atoms with van der Waals surface area (Å²) in [4.78, 5) is 0. The Morgan fingerprint density at radius 2 is 1.70 bits per heavy atom. The number of hydrogen-bond acceptors (Lipinski definition) is 4. The van der Waals surface area contributed by atoms with Crippen molar-refractivity contribution in [2.45, 2.75) is 24.2 Å². The lowest BCUT2D eigenvalue weighted by atomic mass is 9.86. The molecule has 0 bridgehead atoms. The molecule has 0 fully saturated rings. The molecule has 4 heteroatoms. The van der Waals surface area contributed by atoms with E-state index >= 15 is 0 Å². The maximum absolute atomic E-state index is 5.63. The Labute approximate surface area is 60.2 Å². The van der Waals surface area contributed by atoms with Crippen molar-refractivity contribution < 1.29 is 0 Å². The van der Waals surface area contributed by atoms with Crippen molar-refractivity contribution in [3.05, 3.63) is 12.2 Å². The molecule has 8 N–H and O–H groups in total. The second-order valence-electron chi connectivity index (χ2n) is 2.91. The van der Waals surface area contributed by atoms with Crippen LogP contribution in [0.15, 0.2) is 12.2 Å². The maximum atomic E-state index is 5.63. The van der Waals surface area contributed by atoms with E-state index in [1.54, 1.807) is 6.08 Å². The van der Waals surface area contributed by atoms with E-state index in [2.05, 4.69) is 0 Å². The molecule has 0 saturated carbocycles. The normalized spacial score (nSPS) is 28.4. The number of allylic oxidation sites excluding steroid dienone is 1. The van der Waals surface area contributed by atoms with Crippen LogP contribution < -0.4 is 22.9 Å². The number of rotatable bonds is 0. The second kappa shape index (κ2) is 2.03.